The minimum atomic E-state index is 0.491. The van der Waals surface area contributed by atoms with E-state index in [1.807, 2.05) is 19.1 Å². The van der Waals surface area contributed by atoms with Gasteiger partial charge in [0.15, 0.2) is 0 Å². The fourth-order valence-electron chi connectivity index (χ4n) is 1.93. The molecule has 0 amide bonds. The summed E-state index contributed by atoms with van der Waals surface area (Å²) in [6.07, 6.45) is 2.33. The van der Waals surface area contributed by atoms with Gasteiger partial charge in [0, 0.05) is 5.92 Å². The second kappa shape index (κ2) is 3.84. The first-order chi connectivity index (χ1) is 8.20. The minimum Gasteiger partial charge on any atom is -0.480 e. The summed E-state index contributed by atoms with van der Waals surface area (Å²) in [6, 6.07) is 3.93. The fourth-order valence-corrected chi connectivity index (χ4v) is 2.14. The molecule has 88 valence electrons. The summed E-state index contributed by atoms with van der Waals surface area (Å²) in [5.74, 6) is 1.98. The Morgan fingerprint density at radius 2 is 2.06 bits per heavy atom. The minimum absolute atomic E-state index is 0.491. The van der Waals surface area contributed by atoms with Crippen LogP contribution in [0, 0.1) is 6.92 Å². The van der Waals surface area contributed by atoms with Crippen molar-refractivity contribution in [2.45, 2.75) is 25.7 Å². The Hall–Kier alpha value is -1.35. The van der Waals surface area contributed by atoms with E-state index in [0.717, 1.165) is 35.1 Å². The average Bonchev–Trinajstić information content (AvgIpc) is 3.17. The molecular weight excluding hydrogens is 236 g/mol. The quantitative estimate of drug-likeness (QED) is 0.816. The van der Waals surface area contributed by atoms with Gasteiger partial charge in [0.2, 0.25) is 5.88 Å². The molecule has 3 nitrogen and oxygen atoms in total. The number of hydrogen-bond acceptors (Lipinski definition) is 3. The van der Waals surface area contributed by atoms with Crippen molar-refractivity contribution in [2.24, 2.45) is 0 Å². The summed E-state index contributed by atoms with van der Waals surface area (Å²) in [5.41, 5.74) is 1.84. The van der Waals surface area contributed by atoms with Gasteiger partial charge in [-0.2, -0.15) is 4.98 Å². The lowest BCUT2D eigenvalue weighted by Gasteiger charge is -2.09. The third kappa shape index (κ3) is 1.75. The molecule has 1 saturated carbocycles. The SMILES string of the molecule is COc1nc(C2CC2)nc2c(Cl)c(C)ccc12. The number of rotatable bonds is 2. The molecule has 1 aromatic heterocycles. The molecule has 3 rings (SSSR count). The van der Waals surface area contributed by atoms with Crippen LogP contribution in [0.3, 0.4) is 0 Å². The second-order valence-corrected chi connectivity index (χ2v) is 4.84. The van der Waals surface area contributed by atoms with Crippen LogP contribution < -0.4 is 4.74 Å². The van der Waals surface area contributed by atoms with Gasteiger partial charge in [-0.3, -0.25) is 0 Å². The van der Waals surface area contributed by atoms with Crippen LogP contribution in [0.2, 0.25) is 5.02 Å². The van der Waals surface area contributed by atoms with Crippen molar-refractivity contribution in [1.82, 2.24) is 9.97 Å². The van der Waals surface area contributed by atoms with Crippen molar-refractivity contribution < 1.29 is 4.74 Å². The van der Waals surface area contributed by atoms with E-state index in [1.54, 1.807) is 7.11 Å². The number of ether oxygens (including phenoxy) is 1. The van der Waals surface area contributed by atoms with Crippen molar-refractivity contribution in [3.8, 4) is 5.88 Å². The molecule has 0 atom stereocenters. The lowest BCUT2D eigenvalue weighted by atomic mass is 10.1. The van der Waals surface area contributed by atoms with Gasteiger partial charge in [-0.15, -0.1) is 0 Å². The molecule has 0 aliphatic heterocycles. The Kier molecular flexibility index (Phi) is 2.44. The highest BCUT2D eigenvalue weighted by Gasteiger charge is 2.28. The van der Waals surface area contributed by atoms with Crippen molar-refractivity contribution >= 4 is 22.5 Å². The van der Waals surface area contributed by atoms with Crippen LogP contribution in [0.15, 0.2) is 12.1 Å². The smallest absolute Gasteiger partial charge is 0.224 e. The monoisotopic (exact) mass is 248 g/mol. The molecule has 1 fully saturated rings. The molecule has 0 N–H and O–H groups in total. The summed E-state index contributed by atoms with van der Waals surface area (Å²) in [6.45, 7) is 1.98. The number of aromatic nitrogens is 2. The summed E-state index contributed by atoms with van der Waals surface area (Å²) < 4.78 is 5.33. The second-order valence-electron chi connectivity index (χ2n) is 4.46. The normalized spacial score (nSPS) is 15.2. The molecule has 4 heteroatoms. The van der Waals surface area contributed by atoms with E-state index in [1.165, 1.54) is 0 Å². The van der Waals surface area contributed by atoms with Gasteiger partial charge in [-0.1, -0.05) is 17.7 Å². The van der Waals surface area contributed by atoms with Gasteiger partial charge in [0.25, 0.3) is 0 Å². The first kappa shape index (κ1) is 10.8. The zero-order valence-corrected chi connectivity index (χ0v) is 10.6. The summed E-state index contributed by atoms with van der Waals surface area (Å²) in [4.78, 5) is 9.04. The van der Waals surface area contributed by atoms with E-state index in [2.05, 4.69) is 9.97 Å². The summed E-state index contributed by atoms with van der Waals surface area (Å²) >= 11 is 6.31. The standard InChI is InChI=1S/C13H13ClN2O/c1-7-3-6-9-11(10(7)14)15-12(8-4-5-8)16-13(9)17-2/h3,6,8H,4-5H2,1-2H3. The van der Waals surface area contributed by atoms with Crippen LogP contribution in [-0.2, 0) is 0 Å². The van der Waals surface area contributed by atoms with Crippen LogP contribution in [-0.4, -0.2) is 17.1 Å². The lowest BCUT2D eigenvalue weighted by Crippen LogP contribution is -1.99. The topological polar surface area (TPSA) is 35.0 Å². The van der Waals surface area contributed by atoms with Crippen molar-refractivity contribution in [2.75, 3.05) is 7.11 Å². The van der Waals surface area contributed by atoms with Gasteiger partial charge in [-0.25, -0.2) is 4.98 Å². The van der Waals surface area contributed by atoms with Crippen LogP contribution in [0.25, 0.3) is 10.9 Å². The third-order valence-corrected chi connectivity index (χ3v) is 3.60. The number of hydrogen-bond donors (Lipinski definition) is 0. The van der Waals surface area contributed by atoms with Gasteiger partial charge < -0.3 is 4.74 Å². The predicted molar refractivity (Wildman–Crippen MR) is 67.8 cm³/mol. The van der Waals surface area contributed by atoms with Crippen molar-refractivity contribution in [3.63, 3.8) is 0 Å². The molecule has 1 heterocycles. The highest BCUT2D eigenvalue weighted by Crippen LogP contribution is 2.40. The van der Waals surface area contributed by atoms with E-state index >= 15 is 0 Å². The molecule has 2 aromatic rings. The van der Waals surface area contributed by atoms with E-state index in [4.69, 9.17) is 16.3 Å². The molecule has 17 heavy (non-hydrogen) atoms. The fraction of sp³-hybridized carbons (Fsp3) is 0.385. The molecule has 0 bridgehead atoms. The Morgan fingerprint density at radius 3 is 2.71 bits per heavy atom. The molecule has 1 aliphatic rings. The Bertz CT molecular complexity index is 593. The molecule has 0 saturated heterocycles. The number of aryl methyl sites for hydroxylation is 1. The third-order valence-electron chi connectivity index (χ3n) is 3.12. The average molecular weight is 249 g/mol. The number of fused-ring (bicyclic) bond motifs is 1. The number of methoxy groups -OCH3 is 1. The maximum atomic E-state index is 6.31. The van der Waals surface area contributed by atoms with E-state index in [-0.39, 0.29) is 0 Å². The Labute approximate surface area is 105 Å². The molecule has 0 unspecified atom stereocenters. The van der Waals surface area contributed by atoms with Crippen molar-refractivity contribution in [3.05, 3.63) is 28.5 Å². The molecule has 1 aliphatic carbocycles. The van der Waals surface area contributed by atoms with Crippen LogP contribution in [0.5, 0.6) is 5.88 Å². The largest absolute Gasteiger partial charge is 0.480 e. The van der Waals surface area contributed by atoms with E-state index in [0.29, 0.717) is 16.8 Å². The Balaban J connectivity index is 2.32. The maximum Gasteiger partial charge on any atom is 0.224 e. The molecular formula is C13H13ClN2O. The number of nitrogens with zero attached hydrogens (tertiary/aromatic N) is 2. The van der Waals surface area contributed by atoms with Gasteiger partial charge >= 0.3 is 0 Å². The number of benzene rings is 1. The van der Waals surface area contributed by atoms with Crippen LogP contribution in [0.4, 0.5) is 0 Å². The number of halogens is 1. The van der Waals surface area contributed by atoms with Crippen molar-refractivity contribution in [1.29, 1.82) is 0 Å². The lowest BCUT2D eigenvalue weighted by molar-refractivity contribution is 0.400. The van der Waals surface area contributed by atoms with E-state index < -0.39 is 0 Å². The molecule has 1 aromatic carbocycles. The Morgan fingerprint density at radius 1 is 1.29 bits per heavy atom. The predicted octanol–water partition coefficient (Wildman–Crippen LogP) is 3.48. The summed E-state index contributed by atoms with van der Waals surface area (Å²) in [5, 5.41) is 1.58. The zero-order valence-electron chi connectivity index (χ0n) is 9.83. The summed E-state index contributed by atoms with van der Waals surface area (Å²) in [7, 11) is 1.63. The first-order valence-corrected chi connectivity index (χ1v) is 6.09. The van der Waals surface area contributed by atoms with E-state index in [9.17, 15) is 0 Å². The highest BCUT2D eigenvalue weighted by molar-refractivity contribution is 6.35. The van der Waals surface area contributed by atoms with Crippen LogP contribution in [0.1, 0.15) is 30.1 Å². The molecule has 0 spiro atoms. The van der Waals surface area contributed by atoms with Gasteiger partial charge in [0.05, 0.1) is 23.0 Å². The zero-order chi connectivity index (χ0) is 12.0. The van der Waals surface area contributed by atoms with Gasteiger partial charge in [-0.05, 0) is 31.4 Å². The van der Waals surface area contributed by atoms with Gasteiger partial charge in [0.1, 0.15) is 5.82 Å². The van der Waals surface area contributed by atoms with Crippen LogP contribution >= 0.6 is 11.6 Å². The highest BCUT2D eigenvalue weighted by atomic mass is 35.5. The maximum absolute atomic E-state index is 6.31. The first-order valence-electron chi connectivity index (χ1n) is 5.71. The molecule has 0 radical (unpaired) electrons.